The predicted octanol–water partition coefficient (Wildman–Crippen LogP) is 5.38. The first-order chi connectivity index (χ1) is 14.6. The Labute approximate surface area is 174 Å². The average molecular weight is 402 g/mol. The number of hydrogen-bond acceptors (Lipinski definition) is 6. The molecule has 4 rings (SSSR count). The van der Waals surface area contributed by atoms with Crippen LogP contribution in [0.1, 0.15) is 41.6 Å². The number of ether oxygens (including phenoxy) is 2. The maximum absolute atomic E-state index is 12.9. The van der Waals surface area contributed by atoms with E-state index >= 15 is 0 Å². The second-order valence-corrected chi connectivity index (χ2v) is 7.22. The molecule has 0 aliphatic heterocycles. The van der Waals surface area contributed by atoms with Gasteiger partial charge in [-0.25, -0.2) is 4.79 Å². The summed E-state index contributed by atoms with van der Waals surface area (Å²) in [5.41, 5.74) is 3.54. The molecule has 0 atom stereocenters. The first kappa shape index (κ1) is 19.6. The molecular weight excluding hydrogens is 380 g/mol. The summed E-state index contributed by atoms with van der Waals surface area (Å²) in [4.78, 5) is 17.5. The minimum Gasteiger partial charge on any atom is -0.496 e. The molecule has 0 aliphatic rings. The number of esters is 1. The molecule has 0 unspecified atom stereocenters. The van der Waals surface area contributed by atoms with Crippen LogP contribution in [0.25, 0.3) is 22.2 Å². The Morgan fingerprint density at radius 1 is 1.07 bits per heavy atom. The second-order valence-electron chi connectivity index (χ2n) is 7.22. The van der Waals surface area contributed by atoms with Crippen molar-refractivity contribution < 1.29 is 18.8 Å². The Morgan fingerprint density at radius 2 is 1.83 bits per heavy atom. The van der Waals surface area contributed by atoms with Gasteiger partial charge in [0.2, 0.25) is 0 Å². The lowest BCUT2D eigenvalue weighted by atomic mass is 10.0. The predicted molar refractivity (Wildman–Crippen MR) is 113 cm³/mol. The maximum atomic E-state index is 12.9. The van der Waals surface area contributed by atoms with Gasteiger partial charge in [0.15, 0.2) is 12.4 Å². The van der Waals surface area contributed by atoms with Gasteiger partial charge in [0.05, 0.1) is 18.2 Å². The van der Waals surface area contributed by atoms with Crippen LogP contribution in [0, 0.1) is 0 Å². The number of pyridine rings is 1. The summed E-state index contributed by atoms with van der Waals surface area (Å²) in [7, 11) is 1.60. The highest BCUT2D eigenvalue weighted by atomic mass is 16.5. The molecule has 6 nitrogen and oxygen atoms in total. The summed E-state index contributed by atoms with van der Waals surface area (Å²) in [5, 5.41) is 4.84. The Kier molecular flexibility index (Phi) is 5.48. The first-order valence-corrected chi connectivity index (χ1v) is 9.72. The highest BCUT2D eigenvalue weighted by molar-refractivity contribution is 6.03. The number of carbonyl (C=O) groups is 1. The molecule has 0 fully saturated rings. The number of para-hydroxylation sites is 2. The fourth-order valence-electron chi connectivity index (χ4n) is 3.24. The van der Waals surface area contributed by atoms with E-state index in [0.29, 0.717) is 22.8 Å². The summed E-state index contributed by atoms with van der Waals surface area (Å²) in [6.07, 6.45) is 0. The van der Waals surface area contributed by atoms with Gasteiger partial charge in [0.25, 0.3) is 0 Å². The molecule has 0 saturated carbocycles. The van der Waals surface area contributed by atoms with Crippen LogP contribution in [0.4, 0.5) is 0 Å². The largest absolute Gasteiger partial charge is 0.496 e. The van der Waals surface area contributed by atoms with E-state index in [2.05, 4.69) is 10.1 Å². The van der Waals surface area contributed by atoms with Gasteiger partial charge in [-0.1, -0.05) is 49.3 Å². The smallest absolute Gasteiger partial charge is 0.339 e. The summed E-state index contributed by atoms with van der Waals surface area (Å²) >= 11 is 0. The molecule has 2 aromatic heterocycles. The van der Waals surface area contributed by atoms with E-state index in [-0.39, 0.29) is 12.5 Å². The molecule has 2 aromatic carbocycles. The van der Waals surface area contributed by atoms with E-state index in [1.54, 1.807) is 19.2 Å². The van der Waals surface area contributed by atoms with E-state index in [1.807, 2.05) is 62.4 Å². The molecule has 30 heavy (non-hydrogen) atoms. The van der Waals surface area contributed by atoms with Crippen molar-refractivity contribution in [2.24, 2.45) is 0 Å². The highest BCUT2D eigenvalue weighted by Gasteiger charge is 2.17. The minimum atomic E-state index is -0.425. The summed E-state index contributed by atoms with van der Waals surface area (Å²) < 4.78 is 16.3. The Balaban J connectivity index is 1.55. The Hall–Kier alpha value is -3.67. The standard InChI is InChI=1S/C24H22N2O4/c1-15(2)21-13-19(17-8-4-6-10-20(17)25-21)24(27)29-14-16-12-22(26-30-16)18-9-5-7-11-23(18)28-3/h4-13,15H,14H2,1-3H3. The van der Waals surface area contributed by atoms with Gasteiger partial charge >= 0.3 is 5.97 Å². The molecule has 6 heteroatoms. The molecule has 0 radical (unpaired) electrons. The van der Waals surface area contributed by atoms with Crippen molar-refractivity contribution in [2.45, 2.75) is 26.4 Å². The van der Waals surface area contributed by atoms with E-state index in [1.165, 1.54) is 0 Å². The van der Waals surface area contributed by atoms with Gasteiger partial charge in [0.1, 0.15) is 11.4 Å². The van der Waals surface area contributed by atoms with Crippen LogP contribution >= 0.6 is 0 Å². The lowest BCUT2D eigenvalue weighted by molar-refractivity contribution is 0.0439. The molecule has 0 amide bonds. The van der Waals surface area contributed by atoms with Crippen LogP contribution in [0.5, 0.6) is 5.75 Å². The minimum absolute atomic E-state index is 0.0192. The lowest BCUT2D eigenvalue weighted by Crippen LogP contribution is -2.08. The molecule has 0 N–H and O–H groups in total. The molecule has 0 aliphatic carbocycles. The van der Waals surface area contributed by atoms with Crippen LogP contribution in [-0.4, -0.2) is 23.2 Å². The summed E-state index contributed by atoms with van der Waals surface area (Å²) in [6.45, 7) is 4.06. The summed E-state index contributed by atoms with van der Waals surface area (Å²) in [5.74, 6) is 0.912. The summed E-state index contributed by atoms with van der Waals surface area (Å²) in [6, 6.07) is 18.6. The zero-order valence-corrected chi connectivity index (χ0v) is 17.1. The lowest BCUT2D eigenvalue weighted by Gasteiger charge is -2.11. The third kappa shape index (κ3) is 3.89. The van der Waals surface area contributed by atoms with Gasteiger partial charge in [-0.05, 0) is 30.2 Å². The van der Waals surface area contributed by atoms with E-state index in [0.717, 1.165) is 22.2 Å². The Bertz CT molecular complexity index is 1200. The van der Waals surface area contributed by atoms with Gasteiger partial charge < -0.3 is 14.0 Å². The average Bonchev–Trinajstić information content (AvgIpc) is 3.25. The van der Waals surface area contributed by atoms with Crippen molar-refractivity contribution in [3.8, 4) is 17.0 Å². The fraction of sp³-hybridized carbons (Fsp3) is 0.208. The third-order valence-electron chi connectivity index (χ3n) is 4.83. The molecule has 2 heterocycles. The van der Waals surface area contributed by atoms with Crippen molar-refractivity contribution >= 4 is 16.9 Å². The van der Waals surface area contributed by atoms with Gasteiger partial charge in [-0.15, -0.1) is 0 Å². The van der Waals surface area contributed by atoms with Gasteiger partial charge in [-0.2, -0.15) is 0 Å². The molecule has 0 bridgehead atoms. The number of rotatable bonds is 6. The molecule has 0 spiro atoms. The normalized spacial score (nSPS) is 11.1. The van der Waals surface area contributed by atoms with Crippen molar-refractivity contribution in [3.05, 3.63) is 77.7 Å². The number of fused-ring (bicyclic) bond motifs is 1. The second kappa shape index (κ2) is 8.37. The van der Waals surface area contributed by atoms with Gasteiger partial charge in [-0.3, -0.25) is 4.98 Å². The highest BCUT2D eigenvalue weighted by Crippen LogP contribution is 2.29. The van der Waals surface area contributed by atoms with Crippen LogP contribution in [-0.2, 0) is 11.3 Å². The zero-order chi connectivity index (χ0) is 21.1. The zero-order valence-electron chi connectivity index (χ0n) is 17.1. The van der Waals surface area contributed by atoms with Crippen LogP contribution in [0.3, 0.4) is 0 Å². The number of methoxy groups -OCH3 is 1. The monoisotopic (exact) mass is 402 g/mol. The fourth-order valence-corrected chi connectivity index (χ4v) is 3.24. The van der Waals surface area contributed by atoms with Crippen molar-refractivity contribution in [1.29, 1.82) is 0 Å². The van der Waals surface area contributed by atoms with E-state index in [9.17, 15) is 4.79 Å². The molecule has 4 aromatic rings. The quantitative estimate of drug-likeness (QED) is 0.403. The van der Waals surface area contributed by atoms with E-state index < -0.39 is 5.97 Å². The van der Waals surface area contributed by atoms with Crippen molar-refractivity contribution in [2.75, 3.05) is 7.11 Å². The number of aromatic nitrogens is 2. The number of carbonyl (C=O) groups excluding carboxylic acids is 1. The molecule has 152 valence electrons. The van der Waals surface area contributed by atoms with Gasteiger partial charge in [0, 0.05) is 22.7 Å². The molecule has 0 saturated heterocycles. The van der Waals surface area contributed by atoms with Crippen LogP contribution in [0.2, 0.25) is 0 Å². The van der Waals surface area contributed by atoms with Crippen LogP contribution in [0.15, 0.2) is 65.2 Å². The van der Waals surface area contributed by atoms with Crippen molar-refractivity contribution in [3.63, 3.8) is 0 Å². The molecular formula is C24H22N2O4. The number of benzene rings is 2. The number of nitrogens with zero attached hydrogens (tertiary/aromatic N) is 2. The number of hydrogen-bond donors (Lipinski definition) is 0. The van der Waals surface area contributed by atoms with Crippen molar-refractivity contribution in [1.82, 2.24) is 10.1 Å². The maximum Gasteiger partial charge on any atom is 0.339 e. The van der Waals surface area contributed by atoms with E-state index in [4.69, 9.17) is 14.0 Å². The van der Waals surface area contributed by atoms with Crippen LogP contribution < -0.4 is 4.74 Å². The topological polar surface area (TPSA) is 74.5 Å². The SMILES string of the molecule is COc1ccccc1-c1cc(COC(=O)c2cc(C(C)C)nc3ccccc23)on1. The third-order valence-corrected chi connectivity index (χ3v) is 4.83. The first-order valence-electron chi connectivity index (χ1n) is 9.72. The Morgan fingerprint density at radius 3 is 2.63 bits per heavy atom.